The summed E-state index contributed by atoms with van der Waals surface area (Å²) in [4.78, 5) is 20.8. The molecule has 15 aromatic carbocycles. The number of imidazole rings is 1. The number of benzene rings is 15. The molecule has 452 valence electrons. The van der Waals surface area contributed by atoms with Crippen LogP contribution >= 0.6 is 0 Å². The quantitative estimate of drug-likeness (QED) is 0.142. The van der Waals surface area contributed by atoms with E-state index in [9.17, 15) is 0 Å². The second-order valence-electron chi connectivity index (χ2n) is 24.9. The molecule has 0 spiro atoms. The number of fused-ring (bicyclic) bond motifs is 17. The van der Waals surface area contributed by atoms with Crippen LogP contribution in [0.5, 0.6) is 0 Å². The first-order valence-electron chi connectivity index (χ1n) is 32.9. The summed E-state index contributed by atoms with van der Waals surface area (Å²) in [6.45, 7) is 0. The molecule has 97 heavy (non-hydrogen) atoms. The van der Waals surface area contributed by atoms with E-state index in [-0.39, 0.29) is 0 Å². The van der Waals surface area contributed by atoms with Crippen molar-refractivity contribution in [1.29, 1.82) is 0 Å². The summed E-state index contributed by atoms with van der Waals surface area (Å²) in [6.07, 6.45) is 0. The molecule has 0 fully saturated rings. The van der Waals surface area contributed by atoms with E-state index in [2.05, 4.69) is 335 Å². The lowest BCUT2D eigenvalue weighted by Gasteiger charge is -2.16. The van der Waals surface area contributed by atoms with Crippen molar-refractivity contribution in [1.82, 2.24) is 33.5 Å². The Bertz CT molecular complexity index is 6250. The van der Waals surface area contributed by atoms with Gasteiger partial charge in [-0.2, -0.15) is 0 Å². The minimum Gasteiger partial charge on any atom is -0.309 e. The van der Waals surface area contributed by atoms with Crippen molar-refractivity contribution in [3.05, 3.63) is 346 Å². The van der Waals surface area contributed by atoms with E-state index in [0.717, 1.165) is 72.4 Å². The molecular weight excluding hydrogens is 1180 g/mol. The van der Waals surface area contributed by atoms with Gasteiger partial charge in [0.1, 0.15) is 5.65 Å². The molecule has 0 amide bonds. The summed E-state index contributed by atoms with van der Waals surface area (Å²) in [6, 6.07) is 123. The molecule has 0 unspecified atom stereocenters. The van der Waals surface area contributed by atoms with Crippen LogP contribution in [-0.4, -0.2) is 33.5 Å². The maximum Gasteiger partial charge on any atom is 0.164 e. The zero-order valence-electron chi connectivity index (χ0n) is 52.5. The van der Waals surface area contributed by atoms with Gasteiger partial charge in [-0.15, -0.1) is 0 Å². The van der Waals surface area contributed by atoms with Crippen LogP contribution in [-0.2, 0) is 0 Å². The highest BCUT2D eigenvalue weighted by atomic mass is 15.1. The van der Waals surface area contributed by atoms with Gasteiger partial charge >= 0.3 is 0 Å². The van der Waals surface area contributed by atoms with Gasteiger partial charge in [0, 0.05) is 60.4 Å². The van der Waals surface area contributed by atoms with E-state index in [1.165, 1.54) is 92.6 Å². The molecule has 20 rings (SSSR count). The summed E-state index contributed by atoms with van der Waals surface area (Å²) >= 11 is 0. The molecule has 0 N–H and O–H groups in total. The molecule has 0 bridgehead atoms. The van der Waals surface area contributed by atoms with Crippen LogP contribution in [0.4, 0.5) is 0 Å². The number of rotatable bonds is 8. The summed E-state index contributed by atoms with van der Waals surface area (Å²) in [5, 5.41) is 13.5. The third-order valence-corrected chi connectivity index (χ3v) is 19.3. The minimum absolute atomic E-state index is 0.602. The first-order valence-corrected chi connectivity index (χ1v) is 32.9. The molecule has 5 aromatic heterocycles. The molecule has 0 radical (unpaired) electrons. The second-order valence-corrected chi connectivity index (χ2v) is 24.9. The lowest BCUT2D eigenvalue weighted by molar-refractivity contribution is 1.07. The summed E-state index contributed by atoms with van der Waals surface area (Å²) in [5.74, 6) is 1.85. The fraction of sp³-hybridized carbons (Fsp3) is 0. The van der Waals surface area contributed by atoms with Gasteiger partial charge in [0.2, 0.25) is 0 Å². The highest BCUT2D eigenvalue weighted by molar-refractivity contribution is 6.24. The molecule has 0 saturated heterocycles. The molecule has 7 heteroatoms. The highest BCUT2D eigenvalue weighted by Crippen LogP contribution is 2.43. The van der Waals surface area contributed by atoms with Crippen molar-refractivity contribution in [2.45, 2.75) is 0 Å². The van der Waals surface area contributed by atoms with Crippen LogP contribution in [0.15, 0.2) is 346 Å². The Morgan fingerprint density at radius 1 is 0.206 bits per heavy atom. The number of hydrogen-bond donors (Lipinski definition) is 0. The number of para-hydroxylation sites is 6. The lowest BCUT2D eigenvalue weighted by atomic mass is 9.91. The zero-order chi connectivity index (χ0) is 63.9. The van der Waals surface area contributed by atoms with Gasteiger partial charge in [-0.3, -0.25) is 4.40 Å². The Morgan fingerprint density at radius 2 is 0.588 bits per heavy atom. The lowest BCUT2D eigenvalue weighted by Crippen LogP contribution is -2.03. The van der Waals surface area contributed by atoms with Crippen LogP contribution in [0, 0.1) is 0 Å². The van der Waals surface area contributed by atoms with Crippen LogP contribution in [0.2, 0.25) is 0 Å². The van der Waals surface area contributed by atoms with Gasteiger partial charge in [0.15, 0.2) is 17.5 Å². The van der Waals surface area contributed by atoms with Crippen molar-refractivity contribution in [3.8, 4) is 78.9 Å². The number of aromatic nitrogens is 7. The Kier molecular flexibility index (Phi) is 13.1. The molecule has 0 aliphatic heterocycles. The van der Waals surface area contributed by atoms with Gasteiger partial charge in [0.05, 0.1) is 38.6 Å². The fourth-order valence-electron chi connectivity index (χ4n) is 14.9. The predicted molar refractivity (Wildman–Crippen MR) is 404 cm³/mol. The minimum atomic E-state index is 0.602. The standard InChI is InChI=1S/C51H33N5.C39H24N2/c1-3-15-34(16-4-1)35-27-29-37(30-28-35)50-52-49(36-17-5-2-6-18-36)53-51(54-50)38-31-39(55-45-23-11-7-19-41(45)42-20-8-12-24-46(42)55)33-40(32-38)56-47-25-13-9-21-43(47)44-22-10-14-26-48(44)56;1-2-10-25(11-3-1)28-22-23-29(32-15-7-6-14-31(28)32)27-19-20-33-34-21-18-26-12-4-5-13-30(26)38(34)39-40-35-16-8-9-17-36(35)41(39)37(33)24-27/h1-33H;1-24H. The smallest absolute Gasteiger partial charge is 0.164 e. The maximum atomic E-state index is 5.26. The van der Waals surface area contributed by atoms with Gasteiger partial charge in [-0.05, 0) is 121 Å². The number of nitrogens with zero attached hydrogens (tertiary/aromatic N) is 7. The molecule has 7 nitrogen and oxygen atoms in total. The Morgan fingerprint density at radius 3 is 1.14 bits per heavy atom. The van der Waals surface area contributed by atoms with Gasteiger partial charge in [0.25, 0.3) is 0 Å². The van der Waals surface area contributed by atoms with Crippen molar-refractivity contribution in [2.24, 2.45) is 0 Å². The van der Waals surface area contributed by atoms with Crippen LogP contribution in [0.1, 0.15) is 0 Å². The van der Waals surface area contributed by atoms with Crippen molar-refractivity contribution in [2.75, 3.05) is 0 Å². The average Bonchev–Trinajstić information content (AvgIpc) is 1.67. The topological polar surface area (TPSA) is 65.8 Å². The van der Waals surface area contributed by atoms with Crippen LogP contribution in [0.3, 0.4) is 0 Å². The van der Waals surface area contributed by atoms with Gasteiger partial charge < -0.3 is 9.13 Å². The van der Waals surface area contributed by atoms with Gasteiger partial charge in [-0.1, -0.05) is 285 Å². The molecule has 0 aliphatic rings. The van der Waals surface area contributed by atoms with Crippen molar-refractivity contribution < 1.29 is 0 Å². The normalized spacial score (nSPS) is 11.7. The van der Waals surface area contributed by atoms with E-state index < -0.39 is 0 Å². The molecule has 0 atom stereocenters. The van der Waals surface area contributed by atoms with Crippen molar-refractivity contribution >= 4 is 104 Å². The second kappa shape index (κ2) is 22.9. The maximum absolute atomic E-state index is 5.26. The van der Waals surface area contributed by atoms with Crippen LogP contribution in [0.25, 0.3) is 182 Å². The van der Waals surface area contributed by atoms with E-state index >= 15 is 0 Å². The largest absolute Gasteiger partial charge is 0.309 e. The fourth-order valence-corrected chi connectivity index (χ4v) is 14.9. The monoisotopic (exact) mass is 1240 g/mol. The molecule has 5 heterocycles. The Labute approximate surface area is 558 Å². The van der Waals surface area contributed by atoms with Crippen molar-refractivity contribution in [3.63, 3.8) is 0 Å². The third-order valence-electron chi connectivity index (χ3n) is 19.3. The summed E-state index contributed by atoms with van der Waals surface area (Å²) < 4.78 is 7.10. The molecule has 0 saturated carbocycles. The molecule has 20 aromatic rings. The Hall–Kier alpha value is -13.1. The SMILES string of the molecule is c1ccc(-c2ccc(-c3ccc4c5ccc6ccccc6c5c5nc6ccccc6n5c4c3)c3ccccc23)cc1.c1ccc(-c2ccc(-c3nc(-c4ccccc4)nc(-c4cc(-n5c6ccccc6c6ccccc65)cc(-n5c6ccccc6c6ccccc65)c4)n3)cc2)cc1. The van der Waals surface area contributed by atoms with E-state index in [0.29, 0.717) is 17.5 Å². The highest BCUT2D eigenvalue weighted by Gasteiger charge is 2.22. The molecule has 0 aliphatic carbocycles. The number of pyridine rings is 1. The van der Waals surface area contributed by atoms with E-state index in [4.69, 9.17) is 19.9 Å². The molecular formula is C90H57N7. The Balaban J connectivity index is 0.000000143. The van der Waals surface area contributed by atoms with Crippen LogP contribution < -0.4 is 0 Å². The average molecular weight is 1240 g/mol. The predicted octanol–water partition coefficient (Wildman–Crippen LogP) is 23.2. The first kappa shape index (κ1) is 55.5. The van der Waals surface area contributed by atoms with E-state index in [1.54, 1.807) is 0 Å². The third kappa shape index (κ3) is 9.35. The van der Waals surface area contributed by atoms with Gasteiger partial charge in [-0.25, -0.2) is 19.9 Å². The number of hydrogen-bond acceptors (Lipinski definition) is 4. The zero-order valence-corrected chi connectivity index (χ0v) is 52.5. The summed E-state index contributed by atoms with van der Waals surface area (Å²) in [5.41, 5.74) is 20.9. The first-order chi connectivity index (χ1) is 48.1. The summed E-state index contributed by atoms with van der Waals surface area (Å²) in [7, 11) is 0. The van der Waals surface area contributed by atoms with E-state index in [1.807, 2.05) is 24.3 Å².